The molecule has 4 atom stereocenters. The second-order valence-electron chi connectivity index (χ2n) is 4.72. The van der Waals surface area contributed by atoms with Crippen LogP contribution < -0.4 is 5.73 Å². The van der Waals surface area contributed by atoms with Gasteiger partial charge in [0.2, 0.25) is 0 Å². The van der Waals surface area contributed by atoms with Crippen LogP contribution in [-0.2, 0) is 9.53 Å². The summed E-state index contributed by atoms with van der Waals surface area (Å²) in [5.74, 6) is 1.21. The molecule has 2 rings (SSSR count). The number of esters is 1. The minimum Gasteiger partial charge on any atom is -0.469 e. The van der Waals surface area contributed by atoms with E-state index in [0.29, 0.717) is 17.9 Å². The highest BCUT2D eigenvalue weighted by molar-refractivity contribution is 5.72. The van der Waals surface area contributed by atoms with Crippen molar-refractivity contribution in [3.05, 3.63) is 0 Å². The minimum absolute atomic E-state index is 0.0335. The third-order valence-corrected chi connectivity index (χ3v) is 3.95. The second kappa shape index (κ2) is 3.89. The third kappa shape index (κ3) is 1.65. The van der Waals surface area contributed by atoms with Gasteiger partial charge in [0.1, 0.15) is 0 Å². The first-order valence-electron chi connectivity index (χ1n) is 5.55. The molecule has 0 aromatic carbocycles. The van der Waals surface area contributed by atoms with Crippen molar-refractivity contribution in [2.24, 2.45) is 23.5 Å². The summed E-state index contributed by atoms with van der Waals surface area (Å²) in [4.78, 5) is 11.4. The Morgan fingerprint density at radius 2 is 1.86 bits per heavy atom. The quantitative estimate of drug-likeness (QED) is 0.645. The highest BCUT2D eigenvalue weighted by atomic mass is 16.5. The van der Waals surface area contributed by atoms with Crippen molar-refractivity contribution < 1.29 is 9.53 Å². The van der Waals surface area contributed by atoms with Crippen molar-refractivity contribution in [3.63, 3.8) is 0 Å². The largest absolute Gasteiger partial charge is 0.469 e. The second-order valence-corrected chi connectivity index (χ2v) is 4.72. The number of methoxy groups -OCH3 is 1. The highest BCUT2D eigenvalue weighted by Gasteiger charge is 2.40. The Kier molecular flexibility index (Phi) is 2.77. The summed E-state index contributed by atoms with van der Waals surface area (Å²) >= 11 is 0. The molecule has 2 N–H and O–H groups in total. The van der Waals surface area contributed by atoms with Crippen molar-refractivity contribution in [3.8, 4) is 0 Å². The van der Waals surface area contributed by atoms with Crippen molar-refractivity contribution in [1.29, 1.82) is 0 Å². The molecule has 3 nitrogen and oxygen atoms in total. The summed E-state index contributed by atoms with van der Waals surface area (Å²) in [5, 5.41) is 0. The molecule has 2 bridgehead atoms. The van der Waals surface area contributed by atoms with Gasteiger partial charge in [0.25, 0.3) is 0 Å². The highest BCUT2D eigenvalue weighted by Crippen LogP contribution is 2.42. The van der Waals surface area contributed by atoms with Crippen molar-refractivity contribution in [1.82, 2.24) is 0 Å². The predicted molar refractivity (Wildman–Crippen MR) is 53.5 cm³/mol. The van der Waals surface area contributed by atoms with E-state index in [1.165, 1.54) is 26.4 Å². The first-order chi connectivity index (χ1) is 6.72. The summed E-state index contributed by atoms with van der Waals surface area (Å²) < 4.78 is 4.81. The Labute approximate surface area is 85.0 Å². The van der Waals surface area contributed by atoms with Gasteiger partial charge < -0.3 is 10.5 Å². The number of rotatable bonds is 1. The molecular weight excluding hydrogens is 178 g/mol. The van der Waals surface area contributed by atoms with Crippen molar-refractivity contribution in [2.75, 3.05) is 7.11 Å². The van der Waals surface area contributed by atoms with E-state index in [1.54, 1.807) is 0 Å². The van der Waals surface area contributed by atoms with Crippen LogP contribution >= 0.6 is 0 Å². The van der Waals surface area contributed by atoms with E-state index in [1.807, 2.05) is 0 Å². The van der Waals surface area contributed by atoms with Gasteiger partial charge in [-0.15, -0.1) is 0 Å². The molecule has 2 aliphatic carbocycles. The molecule has 0 amide bonds. The van der Waals surface area contributed by atoms with Crippen LogP contribution in [-0.4, -0.2) is 19.1 Å². The molecule has 2 fully saturated rings. The Bertz CT molecular complexity index is 215. The lowest BCUT2D eigenvalue weighted by atomic mass is 9.65. The summed E-state index contributed by atoms with van der Waals surface area (Å²) in [6, 6.07) is 0.338. The number of ether oxygens (including phenoxy) is 1. The van der Waals surface area contributed by atoms with Gasteiger partial charge in [0, 0.05) is 6.04 Å². The molecule has 0 radical (unpaired) electrons. The maximum atomic E-state index is 11.4. The summed E-state index contributed by atoms with van der Waals surface area (Å²) in [5.41, 5.74) is 6.14. The van der Waals surface area contributed by atoms with E-state index in [-0.39, 0.29) is 11.9 Å². The fourth-order valence-corrected chi connectivity index (χ4v) is 3.15. The molecule has 2 aliphatic rings. The van der Waals surface area contributed by atoms with E-state index in [4.69, 9.17) is 10.5 Å². The van der Waals surface area contributed by atoms with Gasteiger partial charge in [-0.05, 0) is 37.5 Å². The molecular formula is C11H19NO2. The predicted octanol–water partition coefficient (Wildman–Crippen LogP) is 1.31. The van der Waals surface area contributed by atoms with E-state index in [9.17, 15) is 4.79 Å². The van der Waals surface area contributed by atoms with Gasteiger partial charge in [-0.2, -0.15) is 0 Å². The van der Waals surface area contributed by atoms with Gasteiger partial charge in [-0.3, -0.25) is 4.79 Å². The number of carbonyl (C=O) groups excluding carboxylic acids is 1. The molecule has 2 unspecified atom stereocenters. The van der Waals surface area contributed by atoms with Crippen molar-refractivity contribution >= 4 is 5.97 Å². The average Bonchev–Trinajstić information content (AvgIpc) is 2.16. The van der Waals surface area contributed by atoms with Gasteiger partial charge in [0.15, 0.2) is 0 Å². The molecule has 14 heavy (non-hydrogen) atoms. The van der Waals surface area contributed by atoms with Crippen LogP contribution in [0.15, 0.2) is 0 Å². The Balaban J connectivity index is 2.03. The zero-order valence-electron chi connectivity index (χ0n) is 8.74. The number of hydrogen-bond donors (Lipinski definition) is 1. The third-order valence-electron chi connectivity index (χ3n) is 3.95. The Hall–Kier alpha value is -0.570. The van der Waals surface area contributed by atoms with Crippen LogP contribution in [0.2, 0.25) is 0 Å². The van der Waals surface area contributed by atoms with Crippen molar-refractivity contribution in [2.45, 2.75) is 38.1 Å². The number of carbonyl (C=O) groups is 1. The first kappa shape index (κ1) is 9.97. The molecule has 2 saturated carbocycles. The number of nitrogens with two attached hydrogens (primary N) is 1. The fraction of sp³-hybridized carbons (Fsp3) is 0.909. The number of fused-ring (bicyclic) bond motifs is 2. The fourth-order valence-electron chi connectivity index (χ4n) is 3.15. The smallest absolute Gasteiger partial charge is 0.308 e. The minimum atomic E-state index is -0.0335. The lowest BCUT2D eigenvalue weighted by molar-refractivity contribution is -0.148. The van der Waals surface area contributed by atoms with E-state index in [2.05, 4.69) is 0 Å². The molecule has 0 aliphatic heterocycles. The lowest BCUT2D eigenvalue weighted by Gasteiger charge is -2.43. The normalized spacial score (nSPS) is 41.9. The van der Waals surface area contributed by atoms with Crippen LogP contribution in [0.3, 0.4) is 0 Å². The SMILES string of the molecule is COC(=O)C1C[C@H]2CCC[C@@H](C1)C2N. The van der Waals surface area contributed by atoms with Crippen LogP contribution in [0.4, 0.5) is 0 Å². The monoisotopic (exact) mass is 197 g/mol. The summed E-state index contributed by atoms with van der Waals surface area (Å²) in [6.07, 6.45) is 5.59. The summed E-state index contributed by atoms with van der Waals surface area (Å²) in [6.45, 7) is 0. The van der Waals surface area contributed by atoms with E-state index in [0.717, 1.165) is 12.8 Å². The summed E-state index contributed by atoms with van der Waals surface area (Å²) in [7, 11) is 1.48. The molecule has 80 valence electrons. The Morgan fingerprint density at radius 1 is 1.29 bits per heavy atom. The van der Waals surface area contributed by atoms with Crippen LogP contribution in [0, 0.1) is 17.8 Å². The molecule has 0 aromatic rings. The van der Waals surface area contributed by atoms with Gasteiger partial charge in [0.05, 0.1) is 13.0 Å². The average molecular weight is 197 g/mol. The maximum Gasteiger partial charge on any atom is 0.308 e. The Morgan fingerprint density at radius 3 is 2.36 bits per heavy atom. The zero-order chi connectivity index (χ0) is 10.1. The van der Waals surface area contributed by atoms with Gasteiger partial charge in [-0.25, -0.2) is 0 Å². The van der Waals surface area contributed by atoms with Crippen LogP contribution in [0.5, 0.6) is 0 Å². The molecule has 0 aromatic heterocycles. The van der Waals surface area contributed by atoms with E-state index < -0.39 is 0 Å². The molecule has 0 spiro atoms. The van der Waals surface area contributed by atoms with Crippen LogP contribution in [0.1, 0.15) is 32.1 Å². The topological polar surface area (TPSA) is 52.3 Å². The van der Waals surface area contributed by atoms with E-state index >= 15 is 0 Å². The standard InChI is InChI=1S/C11H19NO2/c1-14-11(13)9-5-7-3-2-4-8(6-9)10(7)12/h7-10H,2-6,12H2,1H3/t7-,8+,9?,10?. The van der Waals surface area contributed by atoms with Crippen LogP contribution in [0.25, 0.3) is 0 Å². The lowest BCUT2D eigenvalue weighted by Crippen LogP contribution is -2.47. The molecule has 3 heteroatoms. The van der Waals surface area contributed by atoms with Gasteiger partial charge >= 0.3 is 5.97 Å². The van der Waals surface area contributed by atoms with Gasteiger partial charge in [-0.1, -0.05) is 6.42 Å². The molecule has 0 heterocycles. The maximum absolute atomic E-state index is 11.4. The number of hydrogen-bond acceptors (Lipinski definition) is 3. The zero-order valence-corrected chi connectivity index (χ0v) is 8.74. The molecule has 0 saturated heterocycles. The first-order valence-corrected chi connectivity index (χ1v) is 5.55.